The topological polar surface area (TPSA) is 72.7 Å². The molecule has 0 aromatic heterocycles. The maximum absolute atomic E-state index is 12.0. The Hall–Kier alpha value is -0.230. The second-order valence-electron chi connectivity index (χ2n) is 2.70. The zero-order valence-corrected chi connectivity index (χ0v) is 5.94. The van der Waals surface area contributed by atoms with Gasteiger partial charge in [0.25, 0.3) is 0 Å². The van der Waals surface area contributed by atoms with Gasteiger partial charge in [-0.2, -0.15) is 0 Å². The first-order chi connectivity index (χ1) is 5.20. The van der Waals surface area contributed by atoms with Gasteiger partial charge >= 0.3 is 0 Å². The molecule has 4 N–H and O–H groups in total. The molecule has 0 radical (unpaired) electrons. The van der Waals surface area contributed by atoms with E-state index in [9.17, 15) is 4.39 Å². The highest BCUT2D eigenvalue weighted by Gasteiger charge is 2.40. The quantitative estimate of drug-likeness (QED) is 0.382. The lowest BCUT2D eigenvalue weighted by molar-refractivity contribution is 0.0171. The van der Waals surface area contributed by atoms with Crippen molar-refractivity contribution in [2.24, 2.45) is 0 Å². The van der Waals surface area contributed by atoms with E-state index in [1.807, 2.05) is 0 Å². The van der Waals surface area contributed by atoms with Gasteiger partial charge in [0.05, 0.1) is 30.9 Å². The van der Waals surface area contributed by atoms with E-state index in [0.29, 0.717) is 0 Å². The Morgan fingerprint density at radius 2 is 1.73 bits per heavy atom. The van der Waals surface area contributed by atoms with Gasteiger partial charge in [0.2, 0.25) is 0 Å². The molecular weight excluding hydrogens is 153 g/mol. The molecule has 1 fully saturated rings. The van der Waals surface area contributed by atoms with Gasteiger partial charge in [0.15, 0.2) is 0 Å². The second-order valence-corrected chi connectivity index (χ2v) is 2.70. The molecule has 1 unspecified atom stereocenters. The number of hydrogen-bond acceptors (Lipinski definition) is 4. The van der Waals surface area contributed by atoms with Gasteiger partial charge in [-0.3, -0.25) is 0 Å². The number of alkyl halides is 1. The van der Waals surface area contributed by atoms with Crippen molar-refractivity contribution in [2.75, 3.05) is 13.3 Å². The predicted molar refractivity (Wildman–Crippen MR) is 35.8 cm³/mol. The number of nitrogens with one attached hydrogen (secondary N) is 1. The Morgan fingerprint density at radius 1 is 1.18 bits per heavy atom. The SMILES string of the molecule is OCC1N[C@H](CF)[C@@H](O)[C@@H]1O. The highest BCUT2D eigenvalue weighted by molar-refractivity contribution is 4.97. The van der Waals surface area contributed by atoms with Crippen LogP contribution in [0.3, 0.4) is 0 Å². The number of aliphatic hydroxyl groups is 3. The van der Waals surface area contributed by atoms with Gasteiger partial charge in [0.1, 0.15) is 6.67 Å². The summed E-state index contributed by atoms with van der Waals surface area (Å²) < 4.78 is 12.0. The first-order valence-electron chi connectivity index (χ1n) is 3.49. The minimum absolute atomic E-state index is 0.297. The van der Waals surface area contributed by atoms with Crippen molar-refractivity contribution in [2.45, 2.75) is 24.3 Å². The standard InChI is InChI=1S/C6H12FNO3/c7-1-3-5(10)6(11)4(2-9)8-3/h3-6,8-11H,1-2H2/t3-,4?,5-,6-/m1/s1. The largest absolute Gasteiger partial charge is 0.395 e. The lowest BCUT2D eigenvalue weighted by atomic mass is 10.1. The summed E-state index contributed by atoms with van der Waals surface area (Å²) in [6, 6.07) is -1.35. The average Bonchev–Trinajstić information content (AvgIpc) is 2.30. The fourth-order valence-corrected chi connectivity index (χ4v) is 1.24. The third-order valence-electron chi connectivity index (χ3n) is 1.97. The first kappa shape index (κ1) is 8.86. The van der Waals surface area contributed by atoms with Crippen molar-refractivity contribution < 1.29 is 19.7 Å². The zero-order valence-electron chi connectivity index (χ0n) is 5.94. The molecule has 1 rings (SSSR count). The zero-order chi connectivity index (χ0) is 8.43. The Kier molecular flexibility index (Phi) is 2.78. The van der Waals surface area contributed by atoms with Crippen LogP contribution in [-0.4, -0.2) is 52.9 Å². The van der Waals surface area contributed by atoms with E-state index in [1.54, 1.807) is 0 Å². The average molecular weight is 165 g/mol. The summed E-state index contributed by atoms with van der Waals surface area (Å²) in [6.07, 6.45) is -2.18. The minimum Gasteiger partial charge on any atom is -0.395 e. The van der Waals surface area contributed by atoms with Gasteiger partial charge in [-0.25, -0.2) is 4.39 Å². The summed E-state index contributed by atoms with van der Waals surface area (Å²) in [5.74, 6) is 0. The fraction of sp³-hybridized carbons (Fsp3) is 1.00. The molecule has 1 saturated heterocycles. The summed E-state index contributed by atoms with van der Waals surface area (Å²) in [5.41, 5.74) is 0. The van der Waals surface area contributed by atoms with Crippen molar-refractivity contribution >= 4 is 0 Å². The smallest absolute Gasteiger partial charge is 0.107 e. The number of halogens is 1. The Balaban J connectivity index is 2.53. The van der Waals surface area contributed by atoms with Crippen LogP contribution in [0.1, 0.15) is 0 Å². The van der Waals surface area contributed by atoms with Crippen molar-refractivity contribution in [3.05, 3.63) is 0 Å². The van der Waals surface area contributed by atoms with Crippen molar-refractivity contribution in [1.82, 2.24) is 5.32 Å². The van der Waals surface area contributed by atoms with E-state index in [4.69, 9.17) is 15.3 Å². The molecule has 0 saturated carbocycles. The second kappa shape index (κ2) is 3.44. The molecule has 66 valence electrons. The fourth-order valence-electron chi connectivity index (χ4n) is 1.24. The third-order valence-corrected chi connectivity index (χ3v) is 1.97. The molecular formula is C6H12FNO3. The van der Waals surface area contributed by atoms with Gasteiger partial charge in [-0.15, -0.1) is 0 Å². The van der Waals surface area contributed by atoms with Crippen LogP contribution in [-0.2, 0) is 0 Å². The summed E-state index contributed by atoms with van der Waals surface area (Å²) in [6.45, 7) is -1.04. The molecule has 1 heterocycles. The number of rotatable bonds is 2. The van der Waals surface area contributed by atoms with Crippen LogP contribution in [0.2, 0.25) is 0 Å². The normalized spacial score (nSPS) is 44.7. The van der Waals surface area contributed by atoms with Crippen LogP contribution in [0.4, 0.5) is 4.39 Å². The van der Waals surface area contributed by atoms with E-state index < -0.39 is 31.0 Å². The lowest BCUT2D eigenvalue weighted by Crippen LogP contribution is -2.36. The minimum atomic E-state index is -1.11. The molecule has 0 amide bonds. The number of hydrogen-bond donors (Lipinski definition) is 4. The summed E-state index contributed by atoms with van der Waals surface area (Å²) in [5, 5.41) is 29.4. The van der Waals surface area contributed by atoms with E-state index in [0.717, 1.165) is 0 Å². The monoisotopic (exact) mass is 165 g/mol. The van der Waals surface area contributed by atoms with Gasteiger partial charge in [-0.05, 0) is 0 Å². The van der Waals surface area contributed by atoms with E-state index in [-0.39, 0.29) is 6.61 Å². The summed E-state index contributed by atoms with van der Waals surface area (Å²) >= 11 is 0. The van der Waals surface area contributed by atoms with Gasteiger partial charge in [-0.1, -0.05) is 0 Å². The molecule has 1 aliphatic heterocycles. The Bertz CT molecular complexity index is 117. The van der Waals surface area contributed by atoms with Crippen LogP contribution in [0, 0.1) is 0 Å². The Morgan fingerprint density at radius 3 is 2.00 bits per heavy atom. The molecule has 11 heavy (non-hydrogen) atoms. The molecule has 0 aromatic carbocycles. The summed E-state index contributed by atoms with van der Waals surface area (Å²) in [4.78, 5) is 0. The van der Waals surface area contributed by atoms with Crippen molar-refractivity contribution in [1.29, 1.82) is 0 Å². The molecule has 4 nitrogen and oxygen atoms in total. The maximum atomic E-state index is 12.0. The third kappa shape index (κ3) is 1.51. The van der Waals surface area contributed by atoms with Crippen LogP contribution < -0.4 is 5.32 Å². The predicted octanol–water partition coefficient (Wildman–Crippen LogP) is -1.99. The lowest BCUT2D eigenvalue weighted by Gasteiger charge is -2.12. The van der Waals surface area contributed by atoms with Crippen LogP contribution >= 0.6 is 0 Å². The highest BCUT2D eigenvalue weighted by Crippen LogP contribution is 2.14. The summed E-state index contributed by atoms with van der Waals surface area (Å²) in [7, 11) is 0. The maximum Gasteiger partial charge on any atom is 0.107 e. The molecule has 0 aliphatic carbocycles. The van der Waals surface area contributed by atoms with E-state index in [2.05, 4.69) is 5.32 Å². The van der Waals surface area contributed by atoms with E-state index >= 15 is 0 Å². The van der Waals surface area contributed by atoms with Gasteiger partial charge in [0, 0.05) is 0 Å². The number of aliphatic hydroxyl groups excluding tert-OH is 3. The molecule has 5 heteroatoms. The van der Waals surface area contributed by atoms with Crippen LogP contribution in [0.15, 0.2) is 0 Å². The van der Waals surface area contributed by atoms with Gasteiger partial charge < -0.3 is 20.6 Å². The van der Waals surface area contributed by atoms with Crippen molar-refractivity contribution in [3.63, 3.8) is 0 Å². The molecule has 1 aliphatic rings. The first-order valence-corrected chi connectivity index (χ1v) is 3.49. The van der Waals surface area contributed by atoms with Crippen molar-refractivity contribution in [3.8, 4) is 0 Å². The molecule has 0 aromatic rings. The molecule has 0 spiro atoms. The van der Waals surface area contributed by atoms with Crippen LogP contribution in [0.5, 0.6) is 0 Å². The highest BCUT2D eigenvalue weighted by atomic mass is 19.1. The molecule has 4 atom stereocenters. The van der Waals surface area contributed by atoms with Crippen LogP contribution in [0.25, 0.3) is 0 Å². The van der Waals surface area contributed by atoms with E-state index in [1.165, 1.54) is 0 Å². The molecule has 0 bridgehead atoms. The Labute approximate surface area is 63.7 Å².